The SMILES string of the molecule is O=C(NC1CCCCNC1=O)c1ccc(CCl)cc1. The van der Waals surface area contributed by atoms with Crippen LogP contribution in [0, 0.1) is 0 Å². The number of benzene rings is 1. The fourth-order valence-electron chi connectivity index (χ4n) is 2.06. The van der Waals surface area contributed by atoms with Gasteiger partial charge in [-0.1, -0.05) is 12.1 Å². The predicted octanol–water partition coefficient (Wildman–Crippen LogP) is 1.82. The first-order chi connectivity index (χ1) is 9.20. The molecule has 2 rings (SSSR count). The number of alkyl halides is 1. The molecule has 1 saturated heterocycles. The molecule has 1 atom stereocenters. The predicted molar refractivity (Wildman–Crippen MR) is 74.1 cm³/mol. The molecular weight excluding hydrogens is 264 g/mol. The summed E-state index contributed by atoms with van der Waals surface area (Å²) in [5.41, 5.74) is 1.51. The fourth-order valence-corrected chi connectivity index (χ4v) is 2.24. The summed E-state index contributed by atoms with van der Waals surface area (Å²) in [4.78, 5) is 23.8. The van der Waals surface area contributed by atoms with Gasteiger partial charge in [-0.25, -0.2) is 0 Å². The van der Waals surface area contributed by atoms with Crippen molar-refractivity contribution in [2.45, 2.75) is 31.2 Å². The van der Waals surface area contributed by atoms with Crippen molar-refractivity contribution in [2.24, 2.45) is 0 Å². The maximum absolute atomic E-state index is 12.0. The topological polar surface area (TPSA) is 58.2 Å². The quantitative estimate of drug-likeness (QED) is 0.830. The number of halogens is 1. The first kappa shape index (κ1) is 13.9. The van der Waals surface area contributed by atoms with Crippen molar-refractivity contribution in [3.05, 3.63) is 35.4 Å². The summed E-state index contributed by atoms with van der Waals surface area (Å²) in [5, 5.41) is 5.58. The minimum Gasteiger partial charge on any atom is -0.354 e. The molecule has 102 valence electrons. The molecule has 1 aliphatic heterocycles. The van der Waals surface area contributed by atoms with Gasteiger partial charge in [0.15, 0.2) is 0 Å². The highest BCUT2D eigenvalue weighted by Crippen LogP contribution is 2.09. The molecule has 0 bridgehead atoms. The molecule has 0 spiro atoms. The van der Waals surface area contributed by atoms with Crippen LogP contribution < -0.4 is 10.6 Å². The maximum atomic E-state index is 12.0. The van der Waals surface area contributed by atoms with Gasteiger partial charge in [0.1, 0.15) is 6.04 Å². The number of hydrogen-bond donors (Lipinski definition) is 2. The van der Waals surface area contributed by atoms with Gasteiger partial charge in [0, 0.05) is 18.0 Å². The van der Waals surface area contributed by atoms with Gasteiger partial charge >= 0.3 is 0 Å². The summed E-state index contributed by atoms with van der Waals surface area (Å²) >= 11 is 5.70. The first-order valence-corrected chi connectivity index (χ1v) is 6.97. The van der Waals surface area contributed by atoms with E-state index < -0.39 is 6.04 Å². The van der Waals surface area contributed by atoms with Crippen LogP contribution in [0.1, 0.15) is 35.2 Å². The molecule has 0 saturated carbocycles. The number of carbonyl (C=O) groups excluding carboxylic acids is 2. The number of rotatable bonds is 3. The Morgan fingerprint density at radius 3 is 2.74 bits per heavy atom. The molecule has 1 aromatic carbocycles. The second-order valence-electron chi connectivity index (χ2n) is 4.64. The molecule has 1 fully saturated rings. The van der Waals surface area contributed by atoms with Crippen LogP contribution in [0.2, 0.25) is 0 Å². The van der Waals surface area contributed by atoms with Gasteiger partial charge in [0.25, 0.3) is 5.91 Å². The first-order valence-electron chi connectivity index (χ1n) is 6.44. The lowest BCUT2D eigenvalue weighted by Gasteiger charge is -2.15. The minimum atomic E-state index is -0.428. The van der Waals surface area contributed by atoms with Crippen LogP contribution in [0.25, 0.3) is 0 Å². The average molecular weight is 281 g/mol. The molecule has 1 unspecified atom stereocenters. The van der Waals surface area contributed by atoms with Gasteiger partial charge in [-0.05, 0) is 37.0 Å². The number of carbonyl (C=O) groups is 2. The van der Waals surface area contributed by atoms with Gasteiger partial charge in [0.2, 0.25) is 5.91 Å². The molecule has 1 aromatic rings. The third kappa shape index (κ3) is 3.70. The van der Waals surface area contributed by atoms with Crippen LogP contribution in [0.5, 0.6) is 0 Å². The fraction of sp³-hybridized carbons (Fsp3) is 0.429. The van der Waals surface area contributed by atoms with Crippen LogP contribution in [-0.2, 0) is 10.7 Å². The molecule has 1 heterocycles. The van der Waals surface area contributed by atoms with E-state index in [0.29, 0.717) is 24.4 Å². The van der Waals surface area contributed by atoms with Crippen molar-refractivity contribution in [2.75, 3.05) is 6.54 Å². The number of amides is 2. The zero-order valence-corrected chi connectivity index (χ0v) is 11.4. The molecular formula is C14H17ClN2O2. The molecule has 2 amide bonds. The summed E-state index contributed by atoms with van der Waals surface area (Å²) in [6.07, 6.45) is 2.59. The number of hydrogen-bond acceptors (Lipinski definition) is 2. The smallest absolute Gasteiger partial charge is 0.251 e. The highest BCUT2D eigenvalue weighted by molar-refractivity contribution is 6.17. The summed E-state index contributed by atoms with van der Waals surface area (Å²) in [5.74, 6) is 0.110. The summed E-state index contributed by atoms with van der Waals surface area (Å²) < 4.78 is 0. The van der Waals surface area contributed by atoms with Crippen molar-refractivity contribution in [1.29, 1.82) is 0 Å². The Morgan fingerprint density at radius 2 is 2.05 bits per heavy atom. The molecule has 19 heavy (non-hydrogen) atoms. The van der Waals surface area contributed by atoms with Crippen molar-refractivity contribution in [3.63, 3.8) is 0 Å². The lowest BCUT2D eigenvalue weighted by Crippen LogP contribution is -2.45. The lowest BCUT2D eigenvalue weighted by atomic mass is 10.1. The Hall–Kier alpha value is -1.55. The molecule has 2 N–H and O–H groups in total. The van der Waals surface area contributed by atoms with Crippen LogP contribution in [0.3, 0.4) is 0 Å². The Morgan fingerprint density at radius 1 is 1.32 bits per heavy atom. The van der Waals surface area contributed by atoms with Crippen LogP contribution in [0.15, 0.2) is 24.3 Å². The standard InChI is InChI=1S/C14H17ClN2O2/c15-9-10-4-6-11(7-5-10)13(18)17-12-3-1-2-8-16-14(12)19/h4-7,12H,1-3,8-9H2,(H,16,19)(H,17,18). The molecule has 4 nitrogen and oxygen atoms in total. The third-order valence-corrected chi connectivity index (χ3v) is 3.52. The van der Waals surface area contributed by atoms with E-state index in [1.807, 2.05) is 12.1 Å². The van der Waals surface area contributed by atoms with Gasteiger partial charge in [0.05, 0.1) is 0 Å². The van der Waals surface area contributed by atoms with Crippen LogP contribution in [0.4, 0.5) is 0 Å². The molecule has 0 aromatic heterocycles. The van der Waals surface area contributed by atoms with Gasteiger partial charge in [-0.15, -0.1) is 11.6 Å². The van der Waals surface area contributed by atoms with Crippen molar-refractivity contribution < 1.29 is 9.59 Å². The molecule has 0 aliphatic carbocycles. The second kappa shape index (κ2) is 6.57. The average Bonchev–Trinajstić information content (AvgIpc) is 2.64. The molecule has 5 heteroatoms. The van der Waals surface area contributed by atoms with E-state index in [4.69, 9.17) is 11.6 Å². The zero-order chi connectivity index (χ0) is 13.7. The van der Waals surface area contributed by atoms with Gasteiger partial charge < -0.3 is 10.6 Å². The summed E-state index contributed by atoms with van der Waals surface area (Å²) in [7, 11) is 0. The van der Waals surface area contributed by atoms with E-state index in [9.17, 15) is 9.59 Å². The van der Waals surface area contributed by atoms with Crippen molar-refractivity contribution in [1.82, 2.24) is 10.6 Å². The van der Waals surface area contributed by atoms with Crippen molar-refractivity contribution in [3.8, 4) is 0 Å². The molecule has 1 aliphatic rings. The minimum absolute atomic E-state index is 0.0942. The van der Waals surface area contributed by atoms with E-state index in [1.54, 1.807) is 12.1 Å². The lowest BCUT2D eigenvalue weighted by molar-refractivity contribution is -0.122. The molecule has 0 radical (unpaired) electrons. The Labute approximate surface area is 117 Å². The highest BCUT2D eigenvalue weighted by atomic mass is 35.5. The second-order valence-corrected chi connectivity index (χ2v) is 4.91. The Balaban J connectivity index is 2.00. The Kier molecular flexibility index (Phi) is 4.80. The van der Waals surface area contributed by atoms with Crippen LogP contribution >= 0.6 is 11.6 Å². The van der Waals surface area contributed by atoms with Crippen LogP contribution in [-0.4, -0.2) is 24.4 Å². The van der Waals surface area contributed by atoms with Gasteiger partial charge in [-0.2, -0.15) is 0 Å². The van der Waals surface area contributed by atoms with Crippen molar-refractivity contribution >= 4 is 23.4 Å². The van der Waals surface area contributed by atoms with Gasteiger partial charge in [-0.3, -0.25) is 9.59 Å². The Bertz CT molecular complexity index is 459. The maximum Gasteiger partial charge on any atom is 0.251 e. The van der Waals surface area contributed by atoms with E-state index >= 15 is 0 Å². The highest BCUT2D eigenvalue weighted by Gasteiger charge is 2.22. The summed E-state index contributed by atoms with van der Waals surface area (Å²) in [6, 6.07) is 6.65. The normalized spacial score (nSPS) is 19.4. The largest absolute Gasteiger partial charge is 0.354 e. The summed E-state index contributed by atoms with van der Waals surface area (Å²) in [6.45, 7) is 0.690. The zero-order valence-electron chi connectivity index (χ0n) is 10.6. The van der Waals surface area contributed by atoms with E-state index in [-0.39, 0.29) is 11.8 Å². The monoisotopic (exact) mass is 280 g/mol. The third-order valence-electron chi connectivity index (χ3n) is 3.21. The van der Waals surface area contributed by atoms with E-state index in [1.165, 1.54) is 0 Å². The van der Waals surface area contributed by atoms with E-state index in [0.717, 1.165) is 18.4 Å². The number of nitrogens with one attached hydrogen (secondary N) is 2. The van der Waals surface area contributed by atoms with E-state index in [2.05, 4.69) is 10.6 Å².